The Labute approximate surface area is 188 Å². The Bertz CT molecular complexity index is 1100. The van der Waals surface area contributed by atoms with Gasteiger partial charge in [0.25, 0.3) is 0 Å². The standard InChI is InChI=1S/C25H29N3O4/c1-25(2,3)32-24(31)26-21(23(30)27(4)15-18-10-6-5-7-11-18)14-19-16-28(17-29)22-13-9-8-12-20(19)22/h5-13,16-17,21H,14-15H2,1-4H3,(H,26,31)/t21-/m0/s1. The Balaban J connectivity index is 1.87. The Morgan fingerprint density at radius 1 is 1.09 bits per heavy atom. The number of amides is 2. The Morgan fingerprint density at radius 2 is 1.75 bits per heavy atom. The fraction of sp³-hybridized carbons (Fsp3) is 0.320. The zero-order valence-corrected chi connectivity index (χ0v) is 18.9. The predicted octanol–water partition coefficient (Wildman–Crippen LogP) is 3.77. The van der Waals surface area contributed by atoms with Crippen LogP contribution in [0, 0.1) is 0 Å². The van der Waals surface area contributed by atoms with Gasteiger partial charge in [0.15, 0.2) is 0 Å². The molecule has 1 atom stereocenters. The van der Waals surface area contributed by atoms with E-state index in [-0.39, 0.29) is 12.3 Å². The molecule has 7 nitrogen and oxygen atoms in total. The lowest BCUT2D eigenvalue weighted by atomic mass is 10.0. The summed E-state index contributed by atoms with van der Waals surface area (Å²) in [6.45, 7) is 5.70. The highest BCUT2D eigenvalue weighted by molar-refractivity contribution is 5.91. The van der Waals surface area contributed by atoms with E-state index < -0.39 is 17.7 Å². The number of nitrogens with one attached hydrogen (secondary N) is 1. The van der Waals surface area contributed by atoms with E-state index in [4.69, 9.17) is 4.74 Å². The van der Waals surface area contributed by atoms with Gasteiger partial charge >= 0.3 is 6.09 Å². The number of benzene rings is 2. The summed E-state index contributed by atoms with van der Waals surface area (Å²) >= 11 is 0. The minimum absolute atomic E-state index is 0.221. The average Bonchev–Trinajstić information content (AvgIpc) is 3.10. The topological polar surface area (TPSA) is 80.6 Å². The lowest BCUT2D eigenvalue weighted by molar-refractivity contribution is -0.132. The zero-order chi connectivity index (χ0) is 23.3. The van der Waals surface area contributed by atoms with Gasteiger partial charge in [-0.25, -0.2) is 4.79 Å². The number of fused-ring (bicyclic) bond motifs is 1. The highest BCUT2D eigenvalue weighted by Crippen LogP contribution is 2.22. The molecule has 2 aromatic carbocycles. The van der Waals surface area contributed by atoms with Crippen molar-refractivity contribution in [3.05, 3.63) is 71.9 Å². The van der Waals surface area contributed by atoms with Gasteiger partial charge in [-0.05, 0) is 38.0 Å². The summed E-state index contributed by atoms with van der Waals surface area (Å²) < 4.78 is 6.87. The predicted molar refractivity (Wildman–Crippen MR) is 124 cm³/mol. The van der Waals surface area contributed by atoms with Crippen LogP contribution in [0.4, 0.5) is 4.79 Å². The van der Waals surface area contributed by atoms with Crippen LogP contribution in [0.3, 0.4) is 0 Å². The molecule has 0 aliphatic rings. The summed E-state index contributed by atoms with van der Waals surface area (Å²) in [7, 11) is 1.70. The second kappa shape index (κ2) is 9.68. The second-order valence-electron chi connectivity index (χ2n) is 8.77. The Kier molecular flexibility index (Phi) is 6.98. The molecule has 0 aliphatic heterocycles. The number of hydrogen-bond acceptors (Lipinski definition) is 4. The summed E-state index contributed by atoms with van der Waals surface area (Å²) in [5, 5.41) is 3.59. The van der Waals surface area contributed by atoms with Crippen molar-refractivity contribution in [3.63, 3.8) is 0 Å². The molecule has 0 saturated carbocycles. The van der Waals surface area contributed by atoms with E-state index in [1.807, 2.05) is 54.6 Å². The monoisotopic (exact) mass is 435 g/mol. The molecule has 0 bridgehead atoms. The quantitative estimate of drug-likeness (QED) is 0.573. The molecule has 3 aromatic rings. The minimum atomic E-state index is -0.857. The number of rotatable bonds is 7. The van der Waals surface area contributed by atoms with Crippen LogP contribution in [0.15, 0.2) is 60.8 Å². The summed E-state index contributed by atoms with van der Waals surface area (Å²) in [5.41, 5.74) is 1.83. The average molecular weight is 436 g/mol. The highest BCUT2D eigenvalue weighted by atomic mass is 16.6. The van der Waals surface area contributed by atoms with Crippen LogP contribution in [0.1, 0.15) is 31.9 Å². The third-order valence-corrected chi connectivity index (χ3v) is 4.99. The molecule has 32 heavy (non-hydrogen) atoms. The molecular formula is C25H29N3O4. The molecule has 0 radical (unpaired) electrons. The van der Waals surface area contributed by atoms with Crippen LogP contribution in [-0.2, 0) is 27.3 Å². The lowest BCUT2D eigenvalue weighted by Crippen LogP contribution is -2.49. The molecule has 0 fully saturated rings. The summed E-state index contributed by atoms with van der Waals surface area (Å²) in [6.07, 6.45) is 1.98. The maximum atomic E-state index is 13.3. The molecule has 168 valence electrons. The van der Waals surface area contributed by atoms with E-state index in [2.05, 4.69) is 5.32 Å². The molecule has 7 heteroatoms. The van der Waals surface area contributed by atoms with Gasteiger partial charge in [0.2, 0.25) is 12.3 Å². The van der Waals surface area contributed by atoms with E-state index in [0.29, 0.717) is 6.54 Å². The van der Waals surface area contributed by atoms with Crippen molar-refractivity contribution >= 4 is 29.3 Å². The number of carbonyl (C=O) groups excluding carboxylic acids is 3. The van der Waals surface area contributed by atoms with E-state index in [1.165, 1.54) is 4.57 Å². The summed E-state index contributed by atoms with van der Waals surface area (Å²) in [6, 6.07) is 16.2. The number of likely N-dealkylation sites (N-methyl/N-ethyl adjacent to an activating group) is 1. The number of ether oxygens (including phenoxy) is 1. The lowest BCUT2D eigenvalue weighted by Gasteiger charge is -2.26. The van der Waals surface area contributed by atoms with E-state index >= 15 is 0 Å². The molecular weight excluding hydrogens is 406 g/mol. The molecule has 0 unspecified atom stereocenters. The maximum Gasteiger partial charge on any atom is 0.408 e. The molecule has 3 rings (SSSR count). The molecule has 0 aliphatic carbocycles. The first-order valence-corrected chi connectivity index (χ1v) is 10.5. The minimum Gasteiger partial charge on any atom is -0.444 e. The van der Waals surface area contributed by atoms with Gasteiger partial charge in [0.05, 0.1) is 5.52 Å². The van der Waals surface area contributed by atoms with Crippen LogP contribution in [0.5, 0.6) is 0 Å². The van der Waals surface area contributed by atoms with Crippen molar-refractivity contribution in [2.75, 3.05) is 7.05 Å². The number of alkyl carbamates (subject to hydrolysis) is 1. The Morgan fingerprint density at radius 3 is 2.41 bits per heavy atom. The fourth-order valence-electron chi connectivity index (χ4n) is 3.60. The maximum absolute atomic E-state index is 13.3. The van der Waals surface area contributed by atoms with Crippen molar-refractivity contribution in [2.24, 2.45) is 0 Å². The van der Waals surface area contributed by atoms with Crippen LogP contribution >= 0.6 is 0 Å². The van der Waals surface area contributed by atoms with Crippen molar-refractivity contribution < 1.29 is 19.1 Å². The van der Waals surface area contributed by atoms with Crippen LogP contribution < -0.4 is 5.32 Å². The third kappa shape index (κ3) is 5.75. The number of carbonyl (C=O) groups is 3. The number of para-hydroxylation sites is 1. The smallest absolute Gasteiger partial charge is 0.408 e. The first-order chi connectivity index (χ1) is 15.2. The van der Waals surface area contributed by atoms with Gasteiger partial charge in [0.1, 0.15) is 11.6 Å². The van der Waals surface area contributed by atoms with Crippen LogP contribution in [0.25, 0.3) is 10.9 Å². The zero-order valence-electron chi connectivity index (χ0n) is 18.9. The van der Waals surface area contributed by atoms with Crippen molar-refractivity contribution in [1.82, 2.24) is 14.8 Å². The summed E-state index contributed by atoms with van der Waals surface area (Å²) in [4.78, 5) is 38.9. The largest absolute Gasteiger partial charge is 0.444 e. The van der Waals surface area contributed by atoms with E-state index in [0.717, 1.165) is 28.4 Å². The van der Waals surface area contributed by atoms with Gasteiger partial charge in [-0.15, -0.1) is 0 Å². The van der Waals surface area contributed by atoms with Crippen molar-refractivity contribution in [3.8, 4) is 0 Å². The first kappa shape index (κ1) is 23.1. The third-order valence-electron chi connectivity index (χ3n) is 4.99. The first-order valence-electron chi connectivity index (χ1n) is 10.5. The van der Waals surface area contributed by atoms with Gasteiger partial charge in [-0.3, -0.25) is 14.2 Å². The van der Waals surface area contributed by atoms with Crippen molar-refractivity contribution in [2.45, 2.75) is 45.4 Å². The Hall–Kier alpha value is -3.61. The fourth-order valence-corrected chi connectivity index (χ4v) is 3.60. The van der Waals surface area contributed by atoms with Crippen LogP contribution in [-0.4, -0.2) is 46.6 Å². The normalized spacial score (nSPS) is 12.2. The summed E-state index contributed by atoms with van der Waals surface area (Å²) in [5.74, 6) is -0.248. The van der Waals surface area contributed by atoms with Gasteiger partial charge < -0.3 is 15.0 Å². The molecule has 0 saturated heterocycles. The highest BCUT2D eigenvalue weighted by Gasteiger charge is 2.28. The van der Waals surface area contributed by atoms with E-state index in [1.54, 1.807) is 38.9 Å². The number of aromatic nitrogens is 1. The number of nitrogens with zero attached hydrogens (tertiary/aromatic N) is 2. The van der Waals surface area contributed by atoms with Gasteiger partial charge in [-0.2, -0.15) is 0 Å². The molecule has 1 heterocycles. The SMILES string of the molecule is CN(Cc1ccccc1)C(=O)[C@H](Cc1cn(C=O)c2ccccc12)NC(=O)OC(C)(C)C. The molecule has 1 aromatic heterocycles. The van der Waals surface area contributed by atoms with Gasteiger partial charge in [0, 0.05) is 31.6 Å². The molecule has 2 amide bonds. The van der Waals surface area contributed by atoms with Gasteiger partial charge in [-0.1, -0.05) is 48.5 Å². The van der Waals surface area contributed by atoms with Crippen molar-refractivity contribution in [1.29, 1.82) is 0 Å². The van der Waals surface area contributed by atoms with Crippen LogP contribution in [0.2, 0.25) is 0 Å². The second-order valence-corrected chi connectivity index (χ2v) is 8.77. The number of hydrogen-bond donors (Lipinski definition) is 1. The van der Waals surface area contributed by atoms with E-state index in [9.17, 15) is 14.4 Å². The molecule has 1 N–H and O–H groups in total. The molecule has 0 spiro atoms.